The molecule has 1 heterocycles. The van der Waals surface area contributed by atoms with Gasteiger partial charge < -0.3 is 4.90 Å². The number of ketones is 1. The first kappa shape index (κ1) is 12.7. The Kier molecular flexibility index (Phi) is 3.31. The van der Waals surface area contributed by atoms with Crippen LogP contribution in [-0.2, 0) is 4.79 Å². The summed E-state index contributed by atoms with van der Waals surface area (Å²) in [6.45, 7) is 2.96. The summed E-state index contributed by atoms with van der Waals surface area (Å²) in [5, 5.41) is 2.48. The number of hydrogen-bond donors (Lipinski definition) is 0. The third-order valence-corrected chi connectivity index (χ3v) is 4.30. The predicted octanol–water partition coefficient (Wildman–Crippen LogP) is 4.16. The maximum atomic E-state index is 11.5. The largest absolute Gasteiger partial charge is 0.368 e. The van der Waals surface area contributed by atoms with Crippen molar-refractivity contribution in [3.8, 4) is 0 Å². The van der Waals surface area contributed by atoms with Crippen LogP contribution >= 0.6 is 15.9 Å². The lowest BCUT2D eigenvalue weighted by Gasteiger charge is -2.34. The van der Waals surface area contributed by atoms with Gasteiger partial charge in [0.2, 0.25) is 0 Å². The standard InChI is InChI=1S/C16H16BrNO/c1-11-8-16(19)6-7-18(11)15-5-3-12-9-14(17)4-2-13(12)10-15/h2-5,9-11H,6-8H2,1H3. The highest BCUT2D eigenvalue weighted by Crippen LogP contribution is 2.28. The first-order valence-electron chi connectivity index (χ1n) is 6.61. The number of hydrogen-bond acceptors (Lipinski definition) is 2. The number of halogens is 1. The van der Waals surface area contributed by atoms with Crippen molar-refractivity contribution in [2.24, 2.45) is 0 Å². The molecule has 98 valence electrons. The van der Waals surface area contributed by atoms with Crippen LogP contribution < -0.4 is 4.90 Å². The Morgan fingerprint density at radius 1 is 1.16 bits per heavy atom. The molecule has 1 atom stereocenters. The summed E-state index contributed by atoms with van der Waals surface area (Å²) < 4.78 is 1.10. The zero-order valence-corrected chi connectivity index (χ0v) is 12.5. The Bertz CT molecular complexity index is 638. The van der Waals surface area contributed by atoms with E-state index in [1.54, 1.807) is 0 Å². The SMILES string of the molecule is CC1CC(=O)CCN1c1ccc2cc(Br)ccc2c1. The topological polar surface area (TPSA) is 20.3 Å². The van der Waals surface area contributed by atoms with E-state index in [0.29, 0.717) is 24.7 Å². The molecule has 1 saturated heterocycles. The molecule has 3 rings (SSSR count). The molecule has 3 heteroatoms. The molecule has 1 unspecified atom stereocenters. The third kappa shape index (κ3) is 2.52. The monoisotopic (exact) mass is 317 g/mol. The number of benzene rings is 2. The zero-order chi connectivity index (χ0) is 13.4. The predicted molar refractivity (Wildman–Crippen MR) is 82.7 cm³/mol. The van der Waals surface area contributed by atoms with Crippen molar-refractivity contribution in [1.29, 1.82) is 0 Å². The average molecular weight is 318 g/mol. The molecule has 0 aliphatic carbocycles. The molecule has 0 spiro atoms. The van der Waals surface area contributed by atoms with Gasteiger partial charge in [0.25, 0.3) is 0 Å². The summed E-state index contributed by atoms with van der Waals surface area (Å²) in [5.41, 5.74) is 1.22. The van der Waals surface area contributed by atoms with Crippen molar-refractivity contribution in [3.05, 3.63) is 40.9 Å². The molecule has 1 aliphatic heterocycles. The lowest BCUT2D eigenvalue weighted by atomic mass is 10.0. The van der Waals surface area contributed by atoms with Gasteiger partial charge in [-0.1, -0.05) is 28.1 Å². The van der Waals surface area contributed by atoms with E-state index in [1.807, 2.05) is 0 Å². The molecule has 0 aromatic heterocycles. The maximum absolute atomic E-state index is 11.5. The summed E-state index contributed by atoms with van der Waals surface area (Å²) in [6, 6.07) is 13.1. The van der Waals surface area contributed by atoms with E-state index in [2.05, 4.69) is 64.2 Å². The molecule has 1 aliphatic rings. The minimum Gasteiger partial charge on any atom is -0.368 e. The molecular weight excluding hydrogens is 302 g/mol. The van der Waals surface area contributed by atoms with Gasteiger partial charge >= 0.3 is 0 Å². The average Bonchev–Trinajstić information content (AvgIpc) is 2.38. The fourth-order valence-corrected chi connectivity index (χ4v) is 3.15. The Morgan fingerprint density at radius 2 is 1.89 bits per heavy atom. The van der Waals surface area contributed by atoms with Crippen molar-refractivity contribution >= 4 is 38.2 Å². The molecule has 0 bridgehead atoms. The van der Waals surface area contributed by atoms with Gasteiger partial charge in [0.1, 0.15) is 5.78 Å². The van der Waals surface area contributed by atoms with Crippen LogP contribution in [0.15, 0.2) is 40.9 Å². The Balaban J connectivity index is 1.97. The van der Waals surface area contributed by atoms with Gasteiger partial charge in [-0.15, -0.1) is 0 Å². The molecular formula is C16H16BrNO. The number of carbonyl (C=O) groups is 1. The van der Waals surface area contributed by atoms with E-state index in [-0.39, 0.29) is 0 Å². The van der Waals surface area contributed by atoms with Gasteiger partial charge in [-0.25, -0.2) is 0 Å². The Labute approximate surface area is 121 Å². The second kappa shape index (κ2) is 4.97. The van der Waals surface area contributed by atoms with Crippen LogP contribution in [0.1, 0.15) is 19.8 Å². The number of nitrogens with zero attached hydrogens (tertiary/aromatic N) is 1. The van der Waals surface area contributed by atoms with Crippen molar-refractivity contribution in [1.82, 2.24) is 0 Å². The summed E-state index contributed by atoms with van der Waals surface area (Å²) >= 11 is 3.50. The lowest BCUT2D eigenvalue weighted by Crippen LogP contribution is -2.41. The molecule has 19 heavy (non-hydrogen) atoms. The van der Waals surface area contributed by atoms with Gasteiger partial charge in [-0.3, -0.25) is 4.79 Å². The molecule has 2 aromatic rings. The van der Waals surface area contributed by atoms with E-state index in [0.717, 1.165) is 11.0 Å². The van der Waals surface area contributed by atoms with Crippen LogP contribution in [0, 0.1) is 0 Å². The van der Waals surface area contributed by atoms with Gasteiger partial charge in [-0.2, -0.15) is 0 Å². The summed E-state index contributed by atoms with van der Waals surface area (Å²) in [7, 11) is 0. The smallest absolute Gasteiger partial charge is 0.136 e. The quantitative estimate of drug-likeness (QED) is 0.787. The number of anilines is 1. The maximum Gasteiger partial charge on any atom is 0.136 e. The molecule has 2 aromatic carbocycles. The van der Waals surface area contributed by atoms with E-state index in [9.17, 15) is 4.79 Å². The van der Waals surface area contributed by atoms with Gasteiger partial charge in [0, 0.05) is 35.6 Å². The van der Waals surface area contributed by atoms with Crippen LogP contribution in [0.25, 0.3) is 10.8 Å². The van der Waals surface area contributed by atoms with E-state index >= 15 is 0 Å². The Morgan fingerprint density at radius 3 is 2.68 bits per heavy atom. The second-order valence-electron chi connectivity index (χ2n) is 5.21. The zero-order valence-electron chi connectivity index (χ0n) is 10.9. The number of Topliss-reactive ketones (excluding diaryl/α,β-unsaturated/α-hetero) is 1. The van der Waals surface area contributed by atoms with Crippen LogP contribution in [0.2, 0.25) is 0 Å². The number of rotatable bonds is 1. The normalized spacial score (nSPS) is 20.0. The van der Waals surface area contributed by atoms with Crippen molar-refractivity contribution in [3.63, 3.8) is 0 Å². The van der Waals surface area contributed by atoms with Crippen LogP contribution in [0.4, 0.5) is 5.69 Å². The Hall–Kier alpha value is -1.35. The highest BCUT2D eigenvalue weighted by atomic mass is 79.9. The second-order valence-corrected chi connectivity index (χ2v) is 6.13. The number of carbonyl (C=O) groups excluding carboxylic acids is 1. The summed E-state index contributed by atoms with van der Waals surface area (Å²) in [6.07, 6.45) is 1.33. The van der Waals surface area contributed by atoms with Gasteiger partial charge in [-0.05, 0) is 42.0 Å². The summed E-state index contributed by atoms with van der Waals surface area (Å²) in [4.78, 5) is 13.8. The first-order chi connectivity index (χ1) is 9.13. The fraction of sp³-hybridized carbons (Fsp3) is 0.312. The van der Waals surface area contributed by atoms with Crippen molar-refractivity contribution in [2.75, 3.05) is 11.4 Å². The van der Waals surface area contributed by atoms with E-state index in [1.165, 1.54) is 16.5 Å². The molecule has 2 nitrogen and oxygen atoms in total. The number of piperidine rings is 1. The van der Waals surface area contributed by atoms with Crippen molar-refractivity contribution < 1.29 is 4.79 Å². The molecule has 0 saturated carbocycles. The number of fused-ring (bicyclic) bond motifs is 1. The fourth-order valence-electron chi connectivity index (χ4n) is 2.77. The van der Waals surface area contributed by atoms with Gasteiger partial charge in [0.05, 0.1) is 0 Å². The van der Waals surface area contributed by atoms with E-state index in [4.69, 9.17) is 0 Å². The van der Waals surface area contributed by atoms with Gasteiger partial charge in [0.15, 0.2) is 0 Å². The summed E-state index contributed by atoms with van der Waals surface area (Å²) in [5.74, 6) is 0.383. The van der Waals surface area contributed by atoms with Crippen LogP contribution in [0.5, 0.6) is 0 Å². The molecule has 0 amide bonds. The van der Waals surface area contributed by atoms with Crippen molar-refractivity contribution in [2.45, 2.75) is 25.8 Å². The minimum absolute atomic E-state index is 0.300. The van der Waals surface area contributed by atoms with Crippen LogP contribution in [0.3, 0.4) is 0 Å². The first-order valence-corrected chi connectivity index (χ1v) is 7.40. The highest BCUT2D eigenvalue weighted by molar-refractivity contribution is 9.10. The minimum atomic E-state index is 0.300. The molecule has 0 N–H and O–H groups in total. The highest BCUT2D eigenvalue weighted by Gasteiger charge is 2.23. The molecule has 0 radical (unpaired) electrons. The lowest BCUT2D eigenvalue weighted by molar-refractivity contribution is -0.120. The third-order valence-electron chi connectivity index (χ3n) is 3.80. The van der Waals surface area contributed by atoms with Crippen LogP contribution in [-0.4, -0.2) is 18.4 Å². The van der Waals surface area contributed by atoms with E-state index < -0.39 is 0 Å². The molecule has 1 fully saturated rings.